The van der Waals surface area contributed by atoms with E-state index in [2.05, 4.69) is 5.32 Å². The second-order valence-electron chi connectivity index (χ2n) is 5.25. The first-order valence-electron chi connectivity index (χ1n) is 6.59. The van der Waals surface area contributed by atoms with Crippen molar-refractivity contribution in [3.63, 3.8) is 0 Å². The van der Waals surface area contributed by atoms with Gasteiger partial charge in [0.15, 0.2) is 0 Å². The van der Waals surface area contributed by atoms with Crippen LogP contribution in [0.3, 0.4) is 0 Å². The largest absolute Gasteiger partial charge is 0.480 e. The summed E-state index contributed by atoms with van der Waals surface area (Å²) >= 11 is 1.23. The number of carbonyl (C=O) groups excluding carboxylic acids is 2. The molecule has 0 aromatic heterocycles. The average molecular weight is 321 g/mol. The normalized spacial score (nSPS) is 14.0. The summed E-state index contributed by atoms with van der Waals surface area (Å²) in [5.74, 6) is -1.50. The van der Waals surface area contributed by atoms with Gasteiger partial charge in [0.2, 0.25) is 6.29 Å². The minimum Gasteiger partial charge on any atom is -0.480 e. The van der Waals surface area contributed by atoms with E-state index in [0.717, 1.165) is 0 Å². The lowest BCUT2D eigenvalue weighted by Gasteiger charge is -2.23. The molecule has 122 valence electrons. The van der Waals surface area contributed by atoms with Crippen LogP contribution in [0.2, 0.25) is 0 Å². The molecule has 2 N–H and O–H groups in total. The van der Waals surface area contributed by atoms with E-state index in [1.54, 1.807) is 6.92 Å². The maximum absolute atomic E-state index is 11.5. The second kappa shape index (κ2) is 8.76. The van der Waals surface area contributed by atoms with Crippen molar-refractivity contribution in [1.29, 1.82) is 0 Å². The van der Waals surface area contributed by atoms with Gasteiger partial charge in [-0.25, -0.2) is 4.79 Å². The van der Waals surface area contributed by atoms with Crippen LogP contribution < -0.4 is 5.32 Å². The number of carbonyl (C=O) groups is 3. The highest BCUT2D eigenvalue weighted by Crippen LogP contribution is 2.27. The van der Waals surface area contributed by atoms with E-state index in [4.69, 9.17) is 14.6 Å². The van der Waals surface area contributed by atoms with Gasteiger partial charge >= 0.3 is 18.0 Å². The Bertz CT molecular complexity index is 379. The molecule has 0 heterocycles. The van der Waals surface area contributed by atoms with Crippen LogP contribution in [0.4, 0.5) is 4.79 Å². The molecule has 0 spiro atoms. The maximum atomic E-state index is 11.5. The highest BCUT2D eigenvalue weighted by molar-refractivity contribution is 8.01. The Labute approximate surface area is 128 Å². The number of nitrogens with one attached hydrogen (secondary N) is 1. The molecule has 0 aliphatic rings. The van der Waals surface area contributed by atoms with E-state index < -0.39 is 29.6 Å². The van der Waals surface area contributed by atoms with Crippen LogP contribution >= 0.6 is 11.8 Å². The standard InChI is InChI=1S/C13H23NO6S/c1-6-10(15)19-8(2)20-12(18)14-7-9(11(16)17)21-13(3,4)5/h8-9H,6-7H2,1-5H3,(H,14,18)(H,16,17)/t8-,9+/m1/s1. The fourth-order valence-corrected chi connectivity index (χ4v) is 2.39. The lowest BCUT2D eigenvalue weighted by atomic mass is 10.3. The van der Waals surface area contributed by atoms with E-state index in [0.29, 0.717) is 0 Å². The third-order valence-electron chi connectivity index (χ3n) is 2.06. The Morgan fingerprint density at radius 3 is 2.24 bits per heavy atom. The number of hydrogen-bond acceptors (Lipinski definition) is 6. The van der Waals surface area contributed by atoms with Crippen LogP contribution in [0.25, 0.3) is 0 Å². The van der Waals surface area contributed by atoms with Gasteiger partial charge in [-0.1, -0.05) is 27.7 Å². The highest BCUT2D eigenvalue weighted by atomic mass is 32.2. The fraction of sp³-hybridized carbons (Fsp3) is 0.769. The zero-order valence-corrected chi connectivity index (χ0v) is 13.8. The van der Waals surface area contributed by atoms with Crippen molar-refractivity contribution in [1.82, 2.24) is 5.32 Å². The van der Waals surface area contributed by atoms with Gasteiger partial charge in [-0.15, -0.1) is 11.8 Å². The summed E-state index contributed by atoms with van der Waals surface area (Å²) in [4.78, 5) is 33.6. The van der Waals surface area contributed by atoms with Crippen molar-refractivity contribution in [2.24, 2.45) is 0 Å². The van der Waals surface area contributed by atoms with Crippen LogP contribution in [0.15, 0.2) is 0 Å². The number of carboxylic acids is 1. The minimum atomic E-state index is -1.02. The topological polar surface area (TPSA) is 102 Å². The first-order valence-corrected chi connectivity index (χ1v) is 7.47. The monoisotopic (exact) mass is 321 g/mol. The molecule has 0 radical (unpaired) electrons. The molecule has 8 heteroatoms. The smallest absolute Gasteiger partial charge is 0.410 e. The Morgan fingerprint density at radius 1 is 1.24 bits per heavy atom. The van der Waals surface area contributed by atoms with Gasteiger partial charge in [-0.2, -0.15) is 0 Å². The molecule has 0 rings (SSSR count). The number of carboxylic acid groups (broad SMARTS) is 1. The molecule has 0 saturated heterocycles. The predicted octanol–water partition coefficient (Wildman–Crippen LogP) is 2.00. The molecule has 0 bridgehead atoms. The summed E-state index contributed by atoms with van der Waals surface area (Å²) in [6.45, 7) is 8.61. The Hall–Kier alpha value is -1.44. The zero-order valence-electron chi connectivity index (χ0n) is 13.0. The van der Waals surface area contributed by atoms with Gasteiger partial charge in [0, 0.05) is 24.6 Å². The number of ether oxygens (including phenoxy) is 2. The van der Waals surface area contributed by atoms with Gasteiger partial charge < -0.3 is 19.9 Å². The summed E-state index contributed by atoms with van der Waals surface area (Å²) in [6, 6.07) is 0. The van der Waals surface area contributed by atoms with E-state index in [1.165, 1.54) is 18.7 Å². The summed E-state index contributed by atoms with van der Waals surface area (Å²) < 4.78 is 9.30. The summed E-state index contributed by atoms with van der Waals surface area (Å²) in [5, 5.41) is 10.7. The Morgan fingerprint density at radius 2 is 1.81 bits per heavy atom. The van der Waals surface area contributed by atoms with Crippen LogP contribution in [0.5, 0.6) is 0 Å². The Balaban J connectivity index is 4.25. The minimum absolute atomic E-state index is 0.0788. The molecule has 7 nitrogen and oxygen atoms in total. The third-order valence-corrected chi connectivity index (χ3v) is 3.42. The maximum Gasteiger partial charge on any atom is 0.410 e. The van der Waals surface area contributed by atoms with E-state index in [-0.39, 0.29) is 17.7 Å². The number of thioether (sulfide) groups is 1. The van der Waals surface area contributed by atoms with Crippen molar-refractivity contribution in [3.8, 4) is 0 Å². The van der Waals surface area contributed by atoms with Crippen molar-refractivity contribution >= 4 is 29.8 Å². The molecule has 0 saturated carbocycles. The SMILES string of the molecule is CCC(=O)O[C@@H](C)OC(=O)NC[C@H](SC(C)(C)C)C(=O)O. The predicted molar refractivity (Wildman–Crippen MR) is 79.1 cm³/mol. The summed E-state index contributed by atoms with van der Waals surface area (Å²) in [6.07, 6.45) is -1.67. The van der Waals surface area contributed by atoms with Gasteiger partial charge in [0.05, 0.1) is 0 Å². The number of hydrogen-bond donors (Lipinski definition) is 2. The van der Waals surface area contributed by atoms with Crippen LogP contribution in [-0.2, 0) is 19.1 Å². The van der Waals surface area contributed by atoms with Crippen molar-refractivity contribution in [2.75, 3.05) is 6.54 Å². The molecule has 0 aliphatic heterocycles. The van der Waals surface area contributed by atoms with Crippen molar-refractivity contribution in [2.45, 2.75) is 57.3 Å². The van der Waals surface area contributed by atoms with Crippen molar-refractivity contribution < 1.29 is 29.0 Å². The molecule has 0 aromatic rings. The van der Waals surface area contributed by atoms with Crippen LogP contribution in [-0.4, -0.2) is 46.0 Å². The second-order valence-corrected chi connectivity index (χ2v) is 7.28. The molecule has 2 atom stereocenters. The van der Waals surface area contributed by atoms with E-state index in [1.807, 2.05) is 20.8 Å². The molecular weight excluding hydrogens is 298 g/mol. The number of aliphatic carboxylic acids is 1. The highest BCUT2D eigenvalue weighted by Gasteiger charge is 2.26. The molecule has 0 fully saturated rings. The molecule has 0 unspecified atom stereocenters. The third kappa shape index (κ3) is 10.0. The Kier molecular flexibility index (Phi) is 8.16. The average Bonchev–Trinajstić information content (AvgIpc) is 2.32. The first kappa shape index (κ1) is 19.6. The van der Waals surface area contributed by atoms with Gasteiger partial charge in [0.25, 0.3) is 0 Å². The van der Waals surface area contributed by atoms with Gasteiger partial charge in [-0.05, 0) is 0 Å². The number of esters is 1. The number of amides is 1. The molecule has 1 amide bonds. The lowest BCUT2D eigenvalue weighted by molar-refractivity contribution is -0.164. The molecule has 0 aromatic carbocycles. The van der Waals surface area contributed by atoms with Crippen LogP contribution in [0, 0.1) is 0 Å². The summed E-state index contributed by atoms with van der Waals surface area (Å²) in [5.41, 5.74) is 0. The zero-order chi connectivity index (χ0) is 16.6. The van der Waals surface area contributed by atoms with E-state index >= 15 is 0 Å². The molecular formula is C13H23NO6S. The summed E-state index contributed by atoms with van der Waals surface area (Å²) in [7, 11) is 0. The lowest BCUT2D eigenvalue weighted by Crippen LogP contribution is -2.38. The quantitative estimate of drug-likeness (QED) is 0.546. The van der Waals surface area contributed by atoms with Crippen LogP contribution in [0.1, 0.15) is 41.0 Å². The van der Waals surface area contributed by atoms with Gasteiger partial charge in [0.1, 0.15) is 5.25 Å². The fourth-order valence-electron chi connectivity index (χ4n) is 1.27. The molecule has 21 heavy (non-hydrogen) atoms. The molecule has 0 aliphatic carbocycles. The number of alkyl carbamates (subject to hydrolysis) is 1. The van der Waals surface area contributed by atoms with Gasteiger partial charge in [-0.3, -0.25) is 9.59 Å². The van der Waals surface area contributed by atoms with E-state index in [9.17, 15) is 14.4 Å². The first-order chi connectivity index (χ1) is 9.55. The van der Waals surface area contributed by atoms with Crippen molar-refractivity contribution in [3.05, 3.63) is 0 Å². The number of rotatable bonds is 7.